The van der Waals surface area contributed by atoms with E-state index in [0.29, 0.717) is 11.6 Å². The number of aliphatic hydroxyl groups is 1. The van der Waals surface area contributed by atoms with Crippen LogP contribution in [0.3, 0.4) is 0 Å². The predicted molar refractivity (Wildman–Crippen MR) is 133 cm³/mol. The number of hydrogen-bond donors (Lipinski definition) is 1. The maximum atomic E-state index is 11.3. The highest BCUT2D eigenvalue weighted by molar-refractivity contribution is 14.1. The average Bonchev–Trinajstić information content (AvgIpc) is 3.23. The van der Waals surface area contributed by atoms with Crippen molar-refractivity contribution in [1.29, 1.82) is 0 Å². The first-order valence-corrected chi connectivity index (χ1v) is 12.4. The molecular formula is C22H20BrIN6O4. The summed E-state index contributed by atoms with van der Waals surface area (Å²) in [5.74, 6) is 0.923. The third-order valence-corrected chi connectivity index (χ3v) is 7.17. The second-order valence-electron chi connectivity index (χ2n) is 7.98. The molecule has 2 aliphatic heterocycles. The Morgan fingerprint density at radius 3 is 2.79 bits per heavy atom. The van der Waals surface area contributed by atoms with E-state index in [2.05, 4.69) is 58.6 Å². The van der Waals surface area contributed by atoms with Crippen molar-refractivity contribution in [3.8, 4) is 5.69 Å². The normalized spacial score (nSPS) is 28.7. The van der Waals surface area contributed by atoms with Crippen LogP contribution < -0.4 is 0 Å². The summed E-state index contributed by atoms with van der Waals surface area (Å²) in [5, 5.41) is 19.8. The van der Waals surface area contributed by atoms with Crippen LogP contribution in [0.1, 0.15) is 29.6 Å². The molecule has 0 radical (unpaired) electrons. The van der Waals surface area contributed by atoms with Crippen LogP contribution in [0.5, 0.6) is 0 Å². The zero-order valence-electron chi connectivity index (χ0n) is 17.9. The Hall–Kier alpha value is -2.06. The Balaban J connectivity index is 1.49. The van der Waals surface area contributed by atoms with E-state index in [1.54, 1.807) is 11.6 Å². The predicted octanol–water partition coefficient (Wildman–Crippen LogP) is 4.54. The van der Waals surface area contributed by atoms with Crippen molar-refractivity contribution >= 4 is 38.5 Å². The van der Waals surface area contributed by atoms with Gasteiger partial charge in [-0.3, -0.25) is 0 Å². The molecule has 1 N–H and O–H groups in total. The van der Waals surface area contributed by atoms with Gasteiger partial charge in [0.2, 0.25) is 0 Å². The lowest BCUT2D eigenvalue weighted by Crippen LogP contribution is -2.58. The van der Waals surface area contributed by atoms with Crippen LogP contribution in [0.4, 0.5) is 0 Å². The molecule has 0 saturated carbocycles. The van der Waals surface area contributed by atoms with E-state index in [4.69, 9.17) is 14.2 Å². The average molecular weight is 639 g/mol. The number of nitrogens with zero attached hydrogens (tertiary/aromatic N) is 6. The maximum Gasteiger partial charge on any atom is 0.184 e. The van der Waals surface area contributed by atoms with Crippen molar-refractivity contribution in [3.63, 3.8) is 0 Å². The second kappa shape index (κ2) is 9.90. The van der Waals surface area contributed by atoms with Gasteiger partial charge in [-0.25, -0.2) is 9.67 Å². The van der Waals surface area contributed by atoms with Gasteiger partial charge in [-0.1, -0.05) is 51.4 Å². The van der Waals surface area contributed by atoms with Gasteiger partial charge in [0.25, 0.3) is 0 Å². The molecule has 2 aliphatic rings. The van der Waals surface area contributed by atoms with Crippen molar-refractivity contribution in [3.05, 3.63) is 84.2 Å². The van der Waals surface area contributed by atoms with Gasteiger partial charge in [0.1, 0.15) is 24.1 Å². The standard InChI is InChI=1S/C22H20BrIN6O4/c1-11-26-21(30(28-11)15-9-13(23)7-8-14(15)24)20-18(31)17(27-29-25)19-16(33-20)10-32-22(34-19)12-5-3-2-4-6-12/h2-9,16-20,22,31H,10H2,1H3/t16-,17-,18-,19+,20-,22?/m1/s1. The Kier molecular flexibility index (Phi) is 6.89. The molecule has 0 aliphatic carbocycles. The highest BCUT2D eigenvalue weighted by atomic mass is 127. The molecule has 0 spiro atoms. The molecule has 1 aromatic heterocycles. The molecule has 10 nitrogen and oxygen atoms in total. The van der Waals surface area contributed by atoms with Crippen molar-refractivity contribution in [2.45, 2.75) is 43.7 Å². The number of aliphatic hydroxyl groups excluding tert-OH is 1. The van der Waals surface area contributed by atoms with Crippen LogP contribution in [0.25, 0.3) is 16.1 Å². The van der Waals surface area contributed by atoms with Crippen LogP contribution in [-0.2, 0) is 14.2 Å². The summed E-state index contributed by atoms with van der Waals surface area (Å²) in [6.45, 7) is 1.97. The molecule has 2 saturated heterocycles. The summed E-state index contributed by atoms with van der Waals surface area (Å²) >= 11 is 5.72. The fourth-order valence-electron chi connectivity index (χ4n) is 4.24. The minimum Gasteiger partial charge on any atom is -0.389 e. The maximum absolute atomic E-state index is 11.3. The monoisotopic (exact) mass is 638 g/mol. The molecule has 3 heterocycles. The Bertz CT molecular complexity index is 1240. The van der Waals surface area contributed by atoms with E-state index in [1.807, 2.05) is 48.5 Å². The second-order valence-corrected chi connectivity index (χ2v) is 10.1. The highest BCUT2D eigenvalue weighted by Crippen LogP contribution is 2.40. The van der Waals surface area contributed by atoms with Crippen molar-refractivity contribution < 1.29 is 19.3 Å². The van der Waals surface area contributed by atoms with Gasteiger partial charge in [-0.15, -0.1) is 0 Å². The Morgan fingerprint density at radius 2 is 2.03 bits per heavy atom. The van der Waals surface area contributed by atoms with Crippen molar-refractivity contribution in [1.82, 2.24) is 14.8 Å². The number of azide groups is 1. The van der Waals surface area contributed by atoms with E-state index in [0.717, 1.165) is 19.3 Å². The Morgan fingerprint density at radius 1 is 1.24 bits per heavy atom. The van der Waals surface area contributed by atoms with E-state index in [-0.39, 0.29) is 6.61 Å². The summed E-state index contributed by atoms with van der Waals surface area (Å²) in [4.78, 5) is 7.54. The number of aryl methyl sites for hydroxylation is 1. The van der Waals surface area contributed by atoms with Gasteiger partial charge in [0, 0.05) is 18.5 Å². The fraction of sp³-hybridized carbons (Fsp3) is 0.364. The Labute approximate surface area is 217 Å². The SMILES string of the molecule is Cc1nc([C@@H]2O[C@@H]3COC(c4ccccc4)O[C@@H]3[C@H](N=[N+]=[N-])[C@H]2O)n(-c2cc(Br)ccc2I)n1. The largest absolute Gasteiger partial charge is 0.389 e. The summed E-state index contributed by atoms with van der Waals surface area (Å²) < 4.78 is 21.8. The van der Waals surface area contributed by atoms with E-state index >= 15 is 0 Å². The van der Waals surface area contributed by atoms with Gasteiger partial charge in [0.15, 0.2) is 12.1 Å². The lowest BCUT2D eigenvalue weighted by molar-refractivity contribution is -0.309. The molecule has 12 heteroatoms. The number of aromatic nitrogens is 3. The van der Waals surface area contributed by atoms with E-state index in [1.165, 1.54) is 0 Å². The quantitative estimate of drug-likeness (QED) is 0.194. The first kappa shape index (κ1) is 23.7. The molecule has 5 rings (SSSR count). The van der Waals surface area contributed by atoms with Crippen LogP contribution in [0, 0.1) is 10.5 Å². The number of fused-ring (bicyclic) bond motifs is 1. The summed E-state index contributed by atoms with van der Waals surface area (Å²) in [6, 6.07) is 14.4. The molecule has 2 fully saturated rings. The topological polar surface area (TPSA) is 127 Å². The van der Waals surface area contributed by atoms with Crippen molar-refractivity contribution in [2.24, 2.45) is 5.11 Å². The molecule has 1 unspecified atom stereocenters. The first-order chi connectivity index (χ1) is 16.5. The van der Waals surface area contributed by atoms with Crippen LogP contribution >= 0.6 is 38.5 Å². The third-order valence-electron chi connectivity index (χ3n) is 5.76. The number of ether oxygens (including phenoxy) is 3. The molecule has 3 aromatic rings. The van der Waals surface area contributed by atoms with Gasteiger partial charge >= 0.3 is 0 Å². The smallest absolute Gasteiger partial charge is 0.184 e. The first-order valence-electron chi connectivity index (χ1n) is 10.5. The molecular weight excluding hydrogens is 619 g/mol. The van der Waals surface area contributed by atoms with Gasteiger partial charge in [0.05, 0.1) is 24.4 Å². The van der Waals surface area contributed by atoms with Gasteiger partial charge in [-0.2, -0.15) is 5.10 Å². The van der Waals surface area contributed by atoms with Gasteiger partial charge in [-0.05, 0) is 53.2 Å². The molecule has 34 heavy (non-hydrogen) atoms. The lowest BCUT2D eigenvalue weighted by Gasteiger charge is -2.46. The summed E-state index contributed by atoms with van der Waals surface area (Å²) in [7, 11) is 0. The van der Waals surface area contributed by atoms with E-state index < -0.39 is 36.7 Å². The summed E-state index contributed by atoms with van der Waals surface area (Å²) in [5.41, 5.74) is 10.9. The minimum atomic E-state index is -1.21. The minimum absolute atomic E-state index is 0.201. The number of rotatable bonds is 4. The molecule has 2 aromatic carbocycles. The fourth-order valence-corrected chi connectivity index (χ4v) is 5.15. The van der Waals surface area contributed by atoms with E-state index in [9.17, 15) is 10.6 Å². The van der Waals surface area contributed by atoms with Gasteiger partial charge < -0.3 is 19.3 Å². The highest BCUT2D eigenvalue weighted by Gasteiger charge is 2.51. The molecule has 176 valence electrons. The van der Waals surface area contributed by atoms with Crippen molar-refractivity contribution in [2.75, 3.05) is 6.61 Å². The third kappa shape index (κ3) is 4.47. The number of halogens is 2. The van der Waals surface area contributed by atoms with Crippen LogP contribution in [0.15, 0.2) is 58.1 Å². The number of hydrogen-bond acceptors (Lipinski definition) is 7. The zero-order chi connectivity index (χ0) is 23.8. The number of benzene rings is 2. The molecule has 0 amide bonds. The van der Waals surface area contributed by atoms with Crippen LogP contribution in [-0.4, -0.2) is 50.8 Å². The molecule has 6 atom stereocenters. The zero-order valence-corrected chi connectivity index (χ0v) is 21.6. The molecule has 0 bridgehead atoms. The van der Waals surface area contributed by atoms with Crippen LogP contribution in [0.2, 0.25) is 0 Å². The summed E-state index contributed by atoms with van der Waals surface area (Å²) in [6.07, 6.45) is -4.03. The lowest BCUT2D eigenvalue weighted by atomic mass is 9.91.